The Kier molecular flexibility index (Phi) is 4.90. The summed E-state index contributed by atoms with van der Waals surface area (Å²) < 4.78 is 20.9. The third kappa shape index (κ3) is 3.44. The molecular weight excluding hydrogens is 399 g/mol. The van der Waals surface area contributed by atoms with Crippen molar-refractivity contribution in [3.8, 4) is 11.1 Å². The zero-order valence-electron chi connectivity index (χ0n) is 16.7. The van der Waals surface area contributed by atoms with Crippen LogP contribution < -0.4 is 5.32 Å². The van der Waals surface area contributed by atoms with Crippen LogP contribution in [0.5, 0.6) is 0 Å². The van der Waals surface area contributed by atoms with E-state index in [0.717, 1.165) is 16.5 Å². The predicted molar refractivity (Wildman–Crippen MR) is 114 cm³/mol. The first-order valence-electron chi connectivity index (χ1n) is 9.98. The highest BCUT2D eigenvalue weighted by atomic mass is 19.1. The number of aromatic nitrogens is 3. The van der Waals surface area contributed by atoms with Crippen molar-refractivity contribution in [3.05, 3.63) is 72.9 Å². The fourth-order valence-corrected chi connectivity index (χ4v) is 3.94. The predicted octanol–water partition coefficient (Wildman–Crippen LogP) is 3.62. The largest absolute Gasteiger partial charge is 0.388 e. The summed E-state index contributed by atoms with van der Waals surface area (Å²) >= 11 is 0. The van der Waals surface area contributed by atoms with Crippen LogP contribution in [0.1, 0.15) is 13.2 Å². The van der Waals surface area contributed by atoms with Crippen LogP contribution in [-0.4, -0.2) is 43.1 Å². The van der Waals surface area contributed by atoms with Gasteiger partial charge < -0.3 is 24.8 Å². The van der Waals surface area contributed by atoms with Gasteiger partial charge in [-0.3, -0.25) is 0 Å². The number of aliphatic hydroxyl groups is 2. The number of halogens is 1. The summed E-state index contributed by atoms with van der Waals surface area (Å²) in [5.41, 5.74) is 2.99. The topological polar surface area (TPSA) is 92.4 Å². The van der Waals surface area contributed by atoms with Gasteiger partial charge in [-0.1, -0.05) is 30.3 Å². The molecule has 0 radical (unpaired) electrons. The van der Waals surface area contributed by atoms with E-state index in [1.54, 1.807) is 23.6 Å². The third-order valence-corrected chi connectivity index (χ3v) is 5.55. The van der Waals surface area contributed by atoms with Gasteiger partial charge in [0.1, 0.15) is 35.8 Å². The Morgan fingerprint density at radius 1 is 1.00 bits per heavy atom. The average Bonchev–Trinajstić information content (AvgIpc) is 3.30. The number of hydrogen-bond donors (Lipinski definition) is 3. The maximum Gasteiger partial charge on any atom is 0.164 e. The highest BCUT2D eigenvalue weighted by Crippen LogP contribution is 2.39. The molecule has 31 heavy (non-hydrogen) atoms. The number of nitrogens with zero attached hydrogens (tertiary/aromatic N) is 3. The van der Waals surface area contributed by atoms with E-state index in [4.69, 9.17) is 4.74 Å². The summed E-state index contributed by atoms with van der Waals surface area (Å²) in [7, 11) is 0. The van der Waals surface area contributed by atoms with Gasteiger partial charge in [-0.15, -0.1) is 0 Å². The highest BCUT2D eigenvalue weighted by molar-refractivity contribution is 6.02. The van der Waals surface area contributed by atoms with Crippen molar-refractivity contribution < 1.29 is 19.3 Å². The van der Waals surface area contributed by atoms with E-state index in [0.29, 0.717) is 17.2 Å². The molecule has 4 aromatic rings. The SMILES string of the molecule is CC1OC(n2cc(-c3ccccc3)c3c(Nc4ccc(F)cc4)ncnc32)C(O)C1O. The number of aliphatic hydroxyl groups excluding tert-OH is 2. The van der Waals surface area contributed by atoms with Gasteiger partial charge in [0, 0.05) is 17.4 Å². The van der Waals surface area contributed by atoms with E-state index < -0.39 is 24.5 Å². The Balaban J connectivity index is 1.69. The molecule has 0 saturated carbocycles. The second-order valence-electron chi connectivity index (χ2n) is 7.58. The molecule has 3 N–H and O–H groups in total. The van der Waals surface area contributed by atoms with Crippen molar-refractivity contribution >= 4 is 22.5 Å². The normalized spacial score (nSPS) is 23.4. The molecule has 4 atom stereocenters. The number of rotatable bonds is 4. The van der Waals surface area contributed by atoms with E-state index in [-0.39, 0.29) is 5.82 Å². The number of fused-ring (bicyclic) bond motifs is 1. The number of hydrogen-bond acceptors (Lipinski definition) is 6. The van der Waals surface area contributed by atoms with Crippen molar-refractivity contribution in [1.82, 2.24) is 14.5 Å². The van der Waals surface area contributed by atoms with Gasteiger partial charge in [0.15, 0.2) is 6.23 Å². The zero-order chi connectivity index (χ0) is 21.5. The monoisotopic (exact) mass is 420 g/mol. The molecule has 1 aliphatic rings. The van der Waals surface area contributed by atoms with Gasteiger partial charge in [-0.05, 0) is 36.8 Å². The lowest BCUT2D eigenvalue weighted by molar-refractivity contribution is -0.0295. The molecule has 0 spiro atoms. The molecule has 0 bridgehead atoms. The Hall–Kier alpha value is -3.33. The standard InChI is InChI=1S/C23H21FN4O3/c1-13-19(29)20(30)23(31-13)28-11-17(14-5-3-2-4-6-14)18-21(25-12-26-22(18)28)27-16-9-7-15(24)8-10-16/h2-13,19-20,23,29-30H,1H3,(H,25,26,27). The van der Waals surface area contributed by atoms with Crippen LogP contribution in [-0.2, 0) is 4.74 Å². The van der Waals surface area contributed by atoms with Crippen LogP contribution in [0.2, 0.25) is 0 Å². The molecule has 5 rings (SSSR count). The van der Waals surface area contributed by atoms with Gasteiger partial charge in [-0.2, -0.15) is 0 Å². The van der Waals surface area contributed by atoms with E-state index in [1.807, 2.05) is 36.5 Å². The lowest BCUT2D eigenvalue weighted by atomic mass is 10.1. The van der Waals surface area contributed by atoms with E-state index in [2.05, 4.69) is 15.3 Å². The average molecular weight is 420 g/mol. The zero-order valence-corrected chi connectivity index (χ0v) is 16.7. The molecule has 0 aliphatic carbocycles. The Morgan fingerprint density at radius 2 is 1.74 bits per heavy atom. The number of benzene rings is 2. The van der Waals surface area contributed by atoms with Crippen LogP contribution in [0.15, 0.2) is 67.1 Å². The first-order chi connectivity index (χ1) is 15.0. The van der Waals surface area contributed by atoms with Gasteiger partial charge in [0.2, 0.25) is 0 Å². The highest BCUT2D eigenvalue weighted by Gasteiger charge is 2.42. The van der Waals surface area contributed by atoms with Gasteiger partial charge in [-0.25, -0.2) is 14.4 Å². The lowest BCUT2D eigenvalue weighted by Crippen LogP contribution is -2.30. The minimum Gasteiger partial charge on any atom is -0.388 e. The molecule has 4 unspecified atom stereocenters. The maximum atomic E-state index is 13.3. The van der Waals surface area contributed by atoms with E-state index in [1.165, 1.54) is 18.5 Å². The minimum absolute atomic E-state index is 0.324. The molecular formula is C23H21FN4O3. The van der Waals surface area contributed by atoms with Crippen LogP contribution in [0.4, 0.5) is 15.9 Å². The Morgan fingerprint density at radius 3 is 2.42 bits per heavy atom. The van der Waals surface area contributed by atoms with Crippen molar-refractivity contribution in [1.29, 1.82) is 0 Å². The van der Waals surface area contributed by atoms with Gasteiger partial charge >= 0.3 is 0 Å². The quantitative estimate of drug-likeness (QED) is 0.467. The second kappa shape index (κ2) is 7.73. The molecule has 8 heteroatoms. The third-order valence-electron chi connectivity index (χ3n) is 5.55. The summed E-state index contributed by atoms with van der Waals surface area (Å²) in [6.45, 7) is 1.72. The number of anilines is 2. The molecule has 158 valence electrons. The van der Waals surface area contributed by atoms with Crippen LogP contribution >= 0.6 is 0 Å². The van der Waals surface area contributed by atoms with Crippen molar-refractivity contribution in [3.63, 3.8) is 0 Å². The first-order valence-corrected chi connectivity index (χ1v) is 9.98. The van der Waals surface area contributed by atoms with Crippen LogP contribution in [0.25, 0.3) is 22.2 Å². The molecule has 1 fully saturated rings. The van der Waals surface area contributed by atoms with Crippen molar-refractivity contribution in [2.75, 3.05) is 5.32 Å². The molecule has 1 saturated heterocycles. The Bertz CT molecular complexity index is 1210. The van der Waals surface area contributed by atoms with Gasteiger partial charge in [0.25, 0.3) is 0 Å². The molecule has 3 heterocycles. The second-order valence-corrected chi connectivity index (χ2v) is 7.58. The fourth-order valence-electron chi connectivity index (χ4n) is 3.94. The fraction of sp³-hybridized carbons (Fsp3) is 0.217. The number of nitrogens with one attached hydrogen (secondary N) is 1. The van der Waals surface area contributed by atoms with Crippen molar-refractivity contribution in [2.24, 2.45) is 0 Å². The first kappa shape index (κ1) is 19.6. The summed E-state index contributed by atoms with van der Waals surface area (Å²) in [5, 5.41) is 24.7. The molecule has 2 aromatic heterocycles. The van der Waals surface area contributed by atoms with Crippen molar-refractivity contribution in [2.45, 2.75) is 31.5 Å². The summed E-state index contributed by atoms with van der Waals surface area (Å²) in [4.78, 5) is 8.87. The maximum absolute atomic E-state index is 13.3. The molecule has 2 aromatic carbocycles. The van der Waals surface area contributed by atoms with Gasteiger partial charge in [0.05, 0.1) is 11.5 Å². The summed E-state index contributed by atoms with van der Waals surface area (Å²) in [5.74, 6) is 0.213. The van der Waals surface area contributed by atoms with Crippen LogP contribution in [0, 0.1) is 5.82 Å². The Labute approximate surface area is 177 Å². The van der Waals surface area contributed by atoms with E-state index in [9.17, 15) is 14.6 Å². The smallest absolute Gasteiger partial charge is 0.164 e. The number of ether oxygens (including phenoxy) is 1. The lowest BCUT2D eigenvalue weighted by Gasteiger charge is -2.17. The van der Waals surface area contributed by atoms with Crippen LogP contribution in [0.3, 0.4) is 0 Å². The summed E-state index contributed by atoms with van der Waals surface area (Å²) in [6.07, 6.45) is -0.141. The van der Waals surface area contributed by atoms with E-state index >= 15 is 0 Å². The molecule has 7 nitrogen and oxygen atoms in total. The summed E-state index contributed by atoms with van der Waals surface area (Å²) in [6, 6.07) is 15.7. The molecule has 1 aliphatic heterocycles. The minimum atomic E-state index is -1.10. The molecule has 0 amide bonds.